The van der Waals surface area contributed by atoms with Gasteiger partial charge in [0.2, 0.25) is 0 Å². The van der Waals surface area contributed by atoms with Gasteiger partial charge in [-0.05, 0) is 43.2 Å². The van der Waals surface area contributed by atoms with Crippen LogP contribution in [0.1, 0.15) is 37.1 Å². The Hall–Kier alpha value is -1.38. The van der Waals surface area contributed by atoms with Gasteiger partial charge >= 0.3 is 0 Å². The van der Waals surface area contributed by atoms with Crippen molar-refractivity contribution in [2.75, 3.05) is 0 Å². The summed E-state index contributed by atoms with van der Waals surface area (Å²) in [5.41, 5.74) is 1.98. The minimum Gasteiger partial charge on any atom is -0.304 e. The van der Waals surface area contributed by atoms with E-state index in [1.54, 1.807) is 12.1 Å². The van der Waals surface area contributed by atoms with E-state index >= 15 is 0 Å². The maximum Gasteiger partial charge on any atom is 0.123 e. The summed E-state index contributed by atoms with van der Waals surface area (Å²) in [6, 6.07) is 14.6. The lowest BCUT2D eigenvalue weighted by atomic mass is 10.0. The second-order valence-corrected chi connectivity index (χ2v) is 5.09. The molecular formula is C16H17ClFN. The fourth-order valence-corrected chi connectivity index (χ4v) is 2.46. The van der Waals surface area contributed by atoms with Crippen LogP contribution >= 0.6 is 11.6 Å². The fourth-order valence-electron chi connectivity index (χ4n) is 2.16. The topological polar surface area (TPSA) is 12.0 Å². The average molecular weight is 278 g/mol. The molecule has 0 aliphatic rings. The molecule has 100 valence electrons. The second-order valence-electron chi connectivity index (χ2n) is 4.69. The van der Waals surface area contributed by atoms with Crippen molar-refractivity contribution in [3.8, 4) is 0 Å². The molecule has 1 N–H and O–H groups in total. The zero-order valence-corrected chi connectivity index (χ0v) is 11.8. The lowest BCUT2D eigenvalue weighted by Crippen LogP contribution is -2.22. The van der Waals surface area contributed by atoms with Crippen molar-refractivity contribution < 1.29 is 4.39 Å². The van der Waals surface area contributed by atoms with E-state index in [2.05, 4.69) is 12.2 Å². The number of rotatable bonds is 4. The minimum absolute atomic E-state index is 0.0574. The summed E-state index contributed by atoms with van der Waals surface area (Å²) in [5.74, 6) is -0.212. The molecular weight excluding hydrogens is 261 g/mol. The molecule has 0 radical (unpaired) electrons. The van der Waals surface area contributed by atoms with Crippen LogP contribution in [0.2, 0.25) is 5.02 Å². The Kier molecular flexibility index (Phi) is 4.56. The molecule has 3 heteroatoms. The molecule has 0 aliphatic heterocycles. The standard InChI is InChI=1S/C16H17ClFN/c1-11(13-6-5-7-14(18)10-13)19-12(2)15-8-3-4-9-16(15)17/h3-12,19H,1-2H3/t11?,12-/m1/s1. The van der Waals surface area contributed by atoms with E-state index in [0.717, 1.165) is 16.1 Å². The van der Waals surface area contributed by atoms with Crippen molar-refractivity contribution >= 4 is 11.6 Å². The Bertz CT molecular complexity index is 556. The van der Waals surface area contributed by atoms with Crippen LogP contribution in [-0.2, 0) is 0 Å². The molecule has 0 heterocycles. The van der Waals surface area contributed by atoms with Crippen LogP contribution in [0.4, 0.5) is 4.39 Å². The van der Waals surface area contributed by atoms with Gasteiger partial charge in [-0.3, -0.25) is 0 Å². The van der Waals surface area contributed by atoms with Crippen LogP contribution < -0.4 is 5.32 Å². The Labute approximate surface area is 118 Å². The van der Waals surface area contributed by atoms with Crippen molar-refractivity contribution in [3.63, 3.8) is 0 Å². The normalized spacial score (nSPS) is 14.1. The number of benzene rings is 2. The van der Waals surface area contributed by atoms with E-state index in [9.17, 15) is 4.39 Å². The Balaban J connectivity index is 2.11. The SMILES string of the molecule is CC(N[C@H](C)c1ccccc1Cl)c1cccc(F)c1. The number of hydrogen-bond donors (Lipinski definition) is 1. The van der Waals surface area contributed by atoms with Crippen LogP contribution in [0.15, 0.2) is 48.5 Å². The molecule has 2 rings (SSSR count). The van der Waals surface area contributed by atoms with Crippen LogP contribution in [0.3, 0.4) is 0 Å². The van der Waals surface area contributed by atoms with Crippen LogP contribution in [0.25, 0.3) is 0 Å². The van der Waals surface area contributed by atoms with E-state index in [1.807, 2.05) is 37.3 Å². The van der Waals surface area contributed by atoms with Gasteiger partial charge in [0.25, 0.3) is 0 Å². The van der Waals surface area contributed by atoms with Gasteiger partial charge < -0.3 is 5.32 Å². The molecule has 0 bridgehead atoms. The highest BCUT2D eigenvalue weighted by atomic mass is 35.5. The van der Waals surface area contributed by atoms with Crippen LogP contribution in [0, 0.1) is 5.82 Å². The first kappa shape index (κ1) is 14.0. The van der Waals surface area contributed by atoms with Crippen molar-refractivity contribution in [2.45, 2.75) is 25.9 Å². The van der Waals surface area contributed by atoms with E-state index in [-0.39, 0.29) is 17.9 Å². The molecule has 0 saturated carbocycles. The van der Waals surface area contributed by atoms with Gasteiger partial charge in [0.1, 0.15) is 5.82 Å². The van der Waals surface area contributed by atoms with Crippen molar-refractivity contribution in [1.29, 1.82) is 0 Å². The average Bonchev–Trinajstić information content (AvgIpc) is 2.39. The smallest absolute Gasteiger partial charge is 0.123 e. The van der Waals surface area contributed by atoms with Crippen LogP contribution in [-0.4, -0.2) is 0 Å². The van der Waals surface area contributed by atoms with Gasteiger partial charge in [0.05, 0.1) is 0 Å². The van der Waals surface area contributed by atoms with Gasteiger partial charge in [-0.1, -0.05) is 41.9 Å². The van der Waals surface area contributed by atoms with Gasteiger partial charge in [0.15, 0.2) is 0 Å². The quantitative estimate of drug-likeness (QED) is 0.839. The molecule has 0 aliphatic carbocycles. The maximum atomic E-state index is 13.2. The first-order valence-corrected chi connectivity index (χ1v) is 6.71. The molecule has 1 unspecified atom stereocenters. The van der Waals surface area contributed by atoms with Crippen molar-refractivity contribution in [1.82, 2.24) is 5.32 Å². The molecule has 0 spiro atoms. The molecule has 0 saturated heterocycles. The molecule has 19 heavy (non-hydrogen) atoms. The third-order valence-electron chi connectivity index (χ3n) is 3.22. The largest absolute Gasteiger partial charge is 0.304 e. The third kappa shape index (κ3) is 3.55. The monoisotopic (exact) mass is 277 g/mol. The van der Waals surface area contributed by atoms with E-state index in [4.69, 9.17) is 11.6 Å². The van der Waals surface area contributed by atoms with E-state index in [0.29, 0.717) is 0 Å². The first-order valence-electron chi connectivity index (χ1n) is 6.34. The zero-order chi connectivity index (χ0) is 13.8. The van der Waals surface area contributed by atoms with Crippen molar-refractivity contribution in [2.24, 2.45) is 0 Å². The molecule has 2 atom stereocenters. The molecule has 2 aromatic rings. The first-order chi connectivity index (χ1) is 9.08. The highest BCUT2D eigenvalue weighted by molar-refractivity contribution is 6.31. The zero-order valence-electron chi connectivity index (χ0n) is 11.0. The summed E-state index contributed by atoms with van der Waals surface area (Å²) in [4.78, 5) is 0. The minimum atomic E-state index is -0.212. The lowest BCUT2D eigenvalue weighted by Gasteiger charge is -2.21. The summed E-state index contributed by atoms with van der Waals surface area (Å²) >= 11 is 6.17. The third-order valence-corrected chi connectivity index (χ3v) is 3.56. The summed E-state index contributed by atoms with van der Waals surface area (Å²) in [6.07, 6.45) is 0. The highest BCUT2D eigenvalue weighted by Crippen LogP contribution is 2.25. The molecule has 0 amide bonds. The van der Waals surface area contributed by atoms with E-state index in [1.165, 1.54) is 6.07 Å². The van der Waals surface area contributed by atoms with Gasteiger partial charge in [0, 0.05) is 17.1 Å². The van der Waals surface area contributed by atoms with Gasteiger partial charge in [-0.15, -0.1) is 0 Å². The molecule has 2 aromatic carbocycles. The van der Waals surface area contributed by atoms with E-state index < -0.39 is 0 Å². The predicted molar refractivity (Wildman–Crippen MR) is 77.8 cm³/mol. The lowest BCUT2D eigenvalue weighted by molar-refractivity contribution is 0.492. The van der Waals surface area contributed by atoms with Gasteiger partial charge in [-0.25, -0.2) is 4.39 Å². The summed E-state index contributed by atoms with van der Waals surface area (Å²) in [5, 5.41) is 4.17. The Morgan fingerprint density at radius 3 is 2.42 bits per heavy atom. The Morgan fingerprint density at radius 2 is 1.74 bits per heavy atom. The molecule has 0 fully saturated rings. The van der Waals surface area contributed by atoms with Crippen molar-refractivity contribution in [3.05, 3.63) is 70.5 Å². The summed E-state index contributed by atoms with van der Waals surface area (Å²) in [7, 11) is 0. The molecule has 0 aromatic heterocycles. The predicted octanol–water partition coefficient (Wildman–Crippen LogP) is 4.89. The highest BCUT2D eigenvalue weighted by Gasteiger charge is 2.13. The summed E-state index contributed by atoms with van der Waals surface area (Å²) < 4.78 is 13.2. The fraction of sp³-hybridized carbons (Fsp3) is 0.250. The van der Waals surface area contributed by atoms with Crippen LogP contribution in [0.5, 0.6) is 0 Å². The second kappa shape index (κ2) is 6.18. The number of nitrogens with one attached hydrogen (secondary N) is 1. The number of hydrogen-bond acceptors (Lipinski definition) is 1. The summed E-state index contributed by atoms with van der Waals surface area (Å²) in [6.45, 7) is 4.07. The Morgan fingerprint density at radius 1 is 1.00 bits per heavy atom. The van der Waals surface area contributed by atoms with Gasteiger partial charge in [-0.2, -0.15) is 0 Å². The number of halogens is 2. The maximum absolute atomic E-state index is 13.2. The molecule has 1 nitrogen and oxygen atoms in total.